The molecule has 1 N–H and O–H groups in total. The third-order valence-electron chi connectivity index (χ3n) is 3.43. The summed E-state index contributed by atoms with van der Waals surface area (Å²) in [7, 11) is 0. The van der Waals surface area contributed by atoms with Crippen molar-refractivity contribution in [3.63, 3.8) is 0 Å². The Bertz CT molecular complexity index is 110. The van der Waals surface area contributed by atoms with Crippen LogP contribution in [0.25, 0.3) is 0 Å². The minimum absolute atomic E-state index is 0.417. The van der Waals surface area contributed by atoms with E-state index in [1.54, 1.807) is 0 Å². The fourth-order valence-corrected chi connectivity index (χ4v) is 3.24. The molecular weight excluding hydrogens is 287 g/mol. The first-order chi connectivity index (χ1) is 6.86. The Morgan fingerprint density at radius 3 is 1.50 bits per heavy atom. The average Bonchev–Trinajstić information content (AvgIpc) is 2.92. The van der Waals surface area contributed by atoms with Gasteiger partial charge in [0.15, 0.2) is 0 Å². The molecule has 2 heteroatoms. The van der Waals surface area contributed by atoms with Crippen LogP contribution >= 0.6 is 22.6 Å². The average molecular weight is 310 g/mol. The van der Waals surface area contributed by atoms with Crippen LogP contribution < -0.4 is 0 Å². The van der Waals surface area contributed by atoms with E-state index in [0.717, 1.165) is 5.92 Å². The Labute approximate surface area is 102 Å². The van der Waals surface area contributed by atoms with Gasteiger partial charge in [-0.1, -0.05) is 48.3 Å². The van der Waals surface area contributed by atoms with Gasteiger partial charge in [0.1, 0.15) is 0 Å². The molecule has 0 radical (unpaired) electrons. The fourth-order valence-electron chi connectivity index (χ4n) is 2.36. The highest BCUT2D eigenvalue weighted by Crippen LogP contribution is 2.25. The maximum Gasteiger partial charge on any atom is 0.0459 e. The van der Waals surface area contributed by atoms with Gasteiger partial charge in [-0.05, 0) is 37.5 Å². The van der Waals surface area contributed by atoms with Crippen molar-refractivity contribution in [1.29, 1.82) is 0 Å². The van der Waals surface area contributed by atoms with E-state index in [0.29, 0.717) is 12.5 Å². The van der Waals surface area contributed by atoms with Crippen LogP contribution in [0.15, 0.2) is 0 Å². The number of hydrogen-bond acceptors (Lipinski definition) is 1. The van der Waals surface area contributed by atoms with E-state index in [9.17, 15) is 0 Å². The molecule has 0 spiro atoms. The molecule has 0 heterocycles. The second-order valence-electron chi connectivity index (χ2n) is 4.64. The summed E-state index contributed by atoms with van der Waals surface area (Å²) >= 11 is 2.49. The molecule has 2 aliphatic carbocycles. The van der Waals surface area contributed by atoms with Gasteiger partial charge in [-0.15, -0.1) is 0 Å². The Morgan fingerprint density at radius 2 is 1.29 bits per heavy atom. The molecule has 2 rings (SSSR count). The smallest absolute Gasteiger partial charge is 0.0459 e. The van der Waals surface area contributed by atoms with Crippen LogP contribution in [-0.2, 0) is 0 Å². The molecule has 2 aliphatic rings. The number of halogens is 1. The van der Waals surface area contributed by atoms with E-state index in [-0.39, 0.29) is 0 Å². The van der Waals surface area contributed by atoms with Crippen molar-refractivity contribution in [3.8, 4) is 0 Å². The van der Waals surface area contributed by atoms with Gasteiger partial charge in [0, 0.05) is 11.0 Å². The van der Waals surface area contributed by atoms with Crippen molar-refractivity contribution >= 4 is 22.6 Å². The largest absolute Gasteiger partial charge is 0.396 e. The normalized spacial score (nSPS) is 23.6. The summed E-state index contributed by atoms with van der Waals surface area (Å²) in [6.45, 7) is 0.417. The zero-order chi connectivity index (χ0) is 10.2. The Kier molecular flexibility index (Phi) is 7.21. The Balaban J connectivity index is 0.000000140. The molecule has 84 valence electrons. The zero-order valence-electron chi connectivity index (χ0n) is 9.05. The van der Waals surface area contributed by atoms with Crippen LogP contribution in [-0.4, -0.2) is 16.1 Å². The molecule has 0 aliphatic heterocycles. The molecule has 0 amide bonds. The summed E-state index contributed by atoms with van der Waals surface area (Å²) in [5.41, 5.74) is 0. The molecule has 0 unspecified atom stereocenters. The highest BCUT2D eigenvalue weighted by molar-refractivity contribution is 14.1. The standard InChI is InChI=1S/C6H11I.C6H12O/c2*7-5-6-3-1-2-4-6/h6H,1-5H2;6-7H,1-5H2. The van der Waals surface area contributed by atoms with E-state index in [4.69, 9.17) is 5.11 Å². The molecule has 0 saturated heterocycles. The van der Waals surface area contributed by atoms with Crippen LogP contribution in [0.2, 0.25) is 0 Å². The van der Waals surface area contributed by atoms with E-state index in [1.807, 2.05) is 0 Å². The third kappa shape index (κ3) is 4.96. The lowest BCUT2D eigenvalue weighted by Crippen LogP contribution is -1.97. The van der Waals surface area contributed by atoms with E-state index >= 15 is 0 Å². The summed E-state index contributed by atoms with van der Waals surface area (Å²) in [6.07, 6.45) is 11.2. The monoisotopic (exact) mass is 310 g/mol. The molecule has 0 aromatic rings. The number of hydrogen-bond donors (Lipinski definition) is 1. The second kappa shape index (κ2) is 7.91. The van der Waals surface area contributed by atoms with Gasteiger partial charge in [0.2, 0.25) is 0 Å². The number of aliphatic hydroxyl groups is 1. The van der Waals surface area contributed by atoms with Gasteiger partial charge in [-0.3, -0.25) is 0 Å². The summed E-state index contributed by atoms with van der Waals surface area (Å²) in [5.74, 6) is 1.74. The molecule has 1 nitrogen and oxygen atoms in total. The van der Waals surface area contributed by atoms with Crippen LogP contribution in [0.1, 0.15) is 51.4 Å². The van der Waals surface area contributed by atoms with Crippen molar-refractivity contribution in [3.05, 3.63) is 0 Å². The van der Waals surface area contributed by atoms with Crippen molar-refractivity contribution in [2.75, 3.05) is 11.0 Å². The maximum atomic E-state index is 8.57. The predicted molar refractivity (Wildman–Crippen MR) is 69.9 cm³/mol. The van der Waals surface area contributed by atoms with Gasteiger partial charge in [-0.25, -0.2) is 0 Å². The van der Waals surface area contributed by atoms with Crippen LogP contribution in [0.3, 0.4) is 0 Å². The number of alkyl halides is 1. The lowest BCUT2D eigenvalue weighted by molar-refractivity contribution is 0.230. The van der Waals surface area contributed by atoms with Crippen molar-refractivity contribution < 1.29 is 5.11 Å². The molecule has 0 aromatic heterocycles. The fraction of sp³-hybridized carbons (Fsp3) is 1.00. The van der Waals surface area contributed by atoms with Gasteiger partial charge >= 0.3 is 0 Å². The first-order valence-electron chi connectivity index (χ1n) is 6.03. The SMILES string of the molecule is ICC1CCCC1.OCC1CCCC1. The lowest BCUT2D eigenvalue weighted by atomic mass is 10.1. The molecule has 14 heavy (non-hydrogen) atoms. The third-order valence-corrected chi connectivity index (χ3v) is 4.67. The topological polar surface area (TPSA) is 20.2 Å². The van der Waals surface area contributed by atoms with Crippen molar-refractivity contribution in [2.24, 2.45) is 11.8 Å². The summed E-state index contributed by atoms with van der Waals surface area (Å²) in [5, 5.41) is 8.57. The lowest BCUT2D eigenvalue weighted by Gasteiger charge is -1.98. The van der Waals surface area contributed by atoms with Gasteiger partial charge in [0.25, 0.3) is 0 Å². The highest BCUT2D eigenvalue weighted by Gasteiger charge is 2.12. The van der Waals surface area contributed by atoms with Crippen LogP contribution in [0.4, 0.5) is 0 Å². The molecular formula is C12H23IO. The maximum absolute atomic E-state index is 8.57. The minimum Gasteiger partial charge on any atom is -0.396 e. The van der Waals surface area contributed by atoms with Crippen molar-refractivity contribution in [2.45, 2.75) is 51.4 Å². The Hall–Kier alpha value is 0.690. The summed E-state index contributed by atoms with van der Waals surface area (Å²) in [4.78, 5) is 0. The highest BCUT2D eigenvalue weighted by atomic mass is 127. The quantitative estimate of drug-likeness (QED) is 0.608. The molecule has 0 aromatic carbocycles. The first kappa shape index (κ1) is 12.8. The van der Waals surface area contributed by atoms with Gasteiger partial charge < -0.3 is 5.11 Å². The predicted octanol–water partition coefficient (Wildman–Crippen LogP) is 3.78. The first-order valence-corrected chi connectivity index (χ1v) is 7.56. The zero-order valence-corrected chi connectivity index (χ0v) is 11.2. The van der Waals surface area contributed by atoms with Gasteiger partial charge in [-0.2, -0.15) is 0 Å². The van der Waals surface area contributed by atoms with E-state index in [2.05, 4.69) is 22.6 Å². The van der Waals surface area contributed by atoms with Crippen LogP contribution in [0, 0.1) is 11.8 Å². The summed E-state index contributed by atoms with van der Waals surface area (Å²) in [6, 6.07) is 0. The van der Waals surface area contributed by atoms with Crippen LogP contribution in [0.5, 0.6) is 0 Å². The number of rotatable bonds is 2. The Morgan fingerprint density at radius 1 is 0.857 bits per heavy atom. The van der Waals surface area contributed by atoms with Gasteiger partial charge in [0.05, 0.1) is 0 Å². The van der Waals surface area contributed by atoms with Crippen molar-refractivity contribution in [1.82, 2.24) is 0 Å². The molecule has 0 atom stereocenters. The van der Waals surface area contributed by atoms with E-state index < -0.39 is 0 Å². The molecule has 2 fully saturated rings. The molecule has 2 saturated carbocycles. The summed E-state index contributed by atoms with van der Waals surface area (Å²) < 4.78 is 1.39. The minimum atomic E-state index is 0.417. The number of aliphatic hydroxyl groups excluding tert-OH is 1. The van der Waals surface area contributed by atoms with E-state index in [1.165, 1.54) is 55.8 Å². The molecule has 0 bridgehead atoms. The second-order valence-corrected chi connectivity index (χ2v) is 5.52.